The second-order valence-corrected chi connectivity index (χ2v) is 5.11. The van der Waals surface area contributed by atoms with E-state index in [1.54, 1.807) is 24.3 Å². The van der Waals surface area contributed by atoms with E-state index in [-0.39, 0.29) is 12.0 Å². The van der Waals surface area contributed by atoms with Crippen molar-refractivity contribution < 1.29 is 19.0 Å². The van der Waals surface area contributed by atoms with Crippen LogP contribution < -0.4 is 4.74 Å². The monoisotopic (exact) mass is 288 g/mol. The molecule has 110 valence electrons. The molecule has 0 aliphatic carbocycles. The Kier molecular flexibility index (Phi) is 4.26. The highest BCUT2D eigenvalue weighted by molar-refractivity contribution is 5.81. The third-order valence-electron chi connectivity index (χ3n) is 3.68. The summed E-state index contributed by atoms with van der Waals surface area (Å²) in [6.07, 6.45) is 0.146. The maximum atomic E-state index is 14.0. The van der Waals surface area contributed by atoms with Gasteiger partial charge in [0, 0.05) is 5.56 Å². The van der Waals surface area contributed by atoms with Gasteiger partial charge in [-0.3, -0.25) is 4.79 Å². The Morgan fingerprint density at radius 1 is 1.19 bits per heavy atom. The molecule has 0 fully saturated rings. The maximum Gasteiger partial charge on any atom is 0.314 e. The summed E-state index contributed by atoms with van der Waals surface area (Å²) in [5.41, 5.74) is -0.462. The van der Waals surface area contributed by atoms with Gasteiger partial charge in [0.25, 0.3) is 0 Å². The lowest BCUT2D eigenvalue weighted by molar-refractivity contribution is -0.143. The zero-order valence-corrected chi connectivity index (χ0v) is 12.0. The number of rotatable bonds is 5. The Bertz CT molecular complexity index is 654. The van der Waals surface area contributed by atoms with Crippen molar-refractivity contribution in [3.05, 3.63) is 65.5 Å². The number of hydrogen-bond acceptors (Lipinski definition) is 2. The van der Waals surface area contributed by atoms with Gasteiger partial charge in [0.05, 0.1) is 12.5 Å². The molecule has 0 spiro atoms. The molecule has 0 bridgehead atoms. The quantitative estimate of drug-likeness (QED) is 0.917. The smallest absolute Gasteiger partial charge is 0.314 e. The van der Waals surface area contributed by atoms with Crippen LogP contribution >= 0.6 is 0 Å². The summed E-state index contributed by atoms with van der Waals surface area (Å²) in [7, 11) is 1.53. The summed E-state index contributed by atoms with van der Waals surface area (Å²) < 4.78 is 19.3. The summed E-state index contributed by atoms with van der Waals surface area (Å²) in [6.45, 7) is 1.53. The van der Waals surface area contributed by atoms with Crippen LogP contribution in [0.1, 0.15) is 18.1 Å². The minimum absolute atomic E-state index is 0.146. The lowest BCUT2D eigenvalue weighted by Gasteiger charge is -2.26. The molecule has 0 aliphatic rings. The molecule has 4 heteroatoms. The van der Waals surface area contributed by atoms with Crippen LogP contribution in [0.2, 0.25) is 0 Å². The molecule has 0 heterocycles. The van der Waals surface area contributed by atoms with Gasteiger partial charge in [0.15, 0.2) is 0 Å². The van der Waals surface area contributed by atoms with Crippen molar-refractivity contribution in [2.45, 2.75) is 18.8 Å². The summed E-state index contributed by atoms with van der Waals surface area (Å²) in [5, 5.41) is 9.63. The number of hydrogen-bond donors (Lipinski definition) is 1. The SMILES string of the molecule is COc1ccccc1CC(C)(C(=O)O)c1ccccc1F. The molecule has 0 radical (unpaired) electrons. The predicted molar refractivity (Wildman–Crippen MR) is 78.1 cm³/mol. The summed E-state index contributed by atoms with van der Waals surface area (Å²) >= 11 is 0. The molecule has 0 amide bonds. The largest absolute Gasteiger partial charge is 0.496 e. The number of aliphatic carboxylic acids is 1. The molecule has 21 heavy (non-hydrogen) atoms. The van der Waals surface area contributed by atoms with Crippen molar-refractivity contribution in [3.8, 4) is 5.75 Å². The Hall–Kier alpha value is -2.36. The zero-order valence-electron chi connectivity index (χ0n) is 12.0. The molecule has 1 atom stereocenters. The highest BCUT2D eigenvalue weighted by atomic mass is 19.1. The van der Waals surface area contributed by atoms with Gasteiger partial charge in [0.1, 0.15) is 11.6 Å². The van der Waals surface area contributed by atoms with Crippen molar-refractivity contribution >= 4 is 5.97 Å². The Balaban J connectivity index is 2.49. The Morgan fingerprint density at radius 3 is 2.43 bits per heavy atom. The number of carbonyl (C=O) groups is 1. The normalized spacial score (nSPS) is 13.5. The van der Waals surface area contributed by atoms with Crippen LogP contribution in [0.3, 0.4) is 0 Å². The first-order valence-electron chi connectivity index (χ1n) is 6.59. The van der Waals surface area contributed by atoms with Crippen molar-refractivity contribution in [2.24, 2.45) is 0 Å². The fourth-order valence-corrected chi connectivity index (χ4v) is 2.42. The number of methoxy groups -OCH3 is 1. The Morgan fingerprint density at radius 2 is 1.81 bits per heavy atom. The van der Waals surface area contributed by atoms with Crippen molar-refractivity contribution in [3.63, 3.8) is 0 Å². The Labute approximate surface area is 123 Å². The van der Waals surface area contributed by atoms with Gasteiger partial charge >= 0.3 is 5.97 Å². The fraction of sp³-hybridized carbons (Fsp3) is 0.235. The van der Waals surface area contributed by atoms with Crippen LogP contribution in [0.15, 0.2) is 48.5 Å². The van der Waals surface area contributed by atoms with Gasteiger partial charge in [-0.1, -0.05) is 36.4 Å². The van der Waals surface area contributed by atoms with Gasteiger partial charge in [-0.25, -0.2) is 4.39 Å². The minimum Gasteiger partial charge on any atom is -0.496 e. The lowest BCUT2D eigenvalue weighted by atomic mass is 9.77. The molecule has 1 unspecified atom stereocenters. The number of carboxylic acid groups (broad SMARTS) is 1. The average molecular weight is 288 g/mol. The van der Waals surface area contributed by atoms with Crippen LogP contribution in [0.25, 0.3) is 0 Å². The van der Waals surface area contributed by atoms with E-state index in [1.807, 2.05) is 12.1 Å². The number of halogens is 1. The van der Waals surface area contributed by atoms with E-state index in [1.165, 1.54) is 26.2 Å². The number of para-hydroxylation sites is 1. The number of ether oxygens (including phenoxy) is 1. The fourth-order valence-electron chi connectivity index (χ4n) is 2.42. The van der Waals surface area contributed by atoms with E-state index >= 15 is 0 Å². The predicted octanol–water partition coefficient (Wildman–Crippen LogP) is 3.42. The number of carboxylic acids is 1. The second-order valence-electron chi connectivity index (χ2n) is 5.11. The highest BCUT2D eigenvalue weighted by Gasteiger charge is 2.38. The third-order valence-corrected chi connectivity index (χ3v) is 3.68. The molecule has 1 N–H and O–H groups in total. The summed E-state index contributed by atoms with van der Waals surface area (Å²) in [6, 6.07) is 13.1. The summed E-state index contributed by atoms with van der Waals surface area (Å²) in [5.74, 6) is -0.989. The first kappa shape index (κ1) is 15.0. The van der Waals surface area contributed by atoms with E-state index < -0.39 is 17.2 Å². The first-order valence-corrected chi connectivity index (χ1v) is 6.59. The molecule has 2 aromatic carbocycles. The van der Waals surface area contributed by atoms with Gasteiger partial charge in [-0.2, -0.15) is 0 Å². The van der Waals surface area contributed by atoms with Crippen LogP contribution in [0, 0.1) is 5.82 Å². The maximum absolute atomic E-state index is 14.0. The molecule has 0 aromatic heterocycles. The topological polar surface area (TPSA) is 46.5 Å². The standard InChI is InChI=1S/C17H17FO3/c1-17(16(19)20,13-8-4-5-9-14(13)18)11-12-7-3-6-10-15(12)21-2/h3-10H,11H2,1-2H3,(H,19,20). The van der Waals surface area contributed by atoms with E-state index in [9.17, 15) is 14.3 Å². The van der Waals surface area contributed by atoms with E-state index in [0.717, 1.165) is 5.56 Å². The van der Waals surface area contributed by atoms with Crippen LogP contribution in [0.5, 0.6) is 5.75 Å². The molecule has 3 nitrogen and oxygen atoms in total. The summed E-state index contributed by atoms with van der Waals surface area (Å²) in [4.78, 5) is 11.8. The average Bonchev–Trinajstić information content (AvgIpc) is 2.48. The lowest BCUT2D eigenvalue weighted by Crippen LogP contribution is -2.36. The first-order chi connectivity index (χ1) is 9.99. The van der Waals surface area contributed by atoms with Gasteiger partial charge in [-0.15, -0.1) is 0 Å². The minimum atomic E-state index is -1.36. The van der Waals surface area contributed by atoms with Crippen molar-refractivity contribution in [2.75, 3.05) is 7.11 Å². The van der Waals surface area contributed by atoms with E-state index in [2.05, 4.69) is 0 Å². The molecule has 0 saturated carbocycles. The van der Waals surface area contributed by atoms with E-state index in [0.29, 0.717) is 5.75 Å². The van der Waals surface area contributed by atoms with Crippen LogP contribution in [0.4, 0.5) is 4.39 Å². The van der Waals surface area contributed by atoms with Crippen LogP contribution in [-0.2, 0) is 16.6 Å². The molecule has 2 aromatic rings. The van der Waals surface area contributed by atoms with Gasteiger partial charge in [0.2, 0.25) is 0 Å². The van der Waals surface area contributed by atoms with Gasteiger partial charge < -0.3 is 9.84 Å². The second kappa shape index (κ2) is 5.95. The zero-order chi connectivity index (χ0) is 15.5. The van der Waals surface area contributed by atoms with Crippen LogP contribution in [-0.4, -0.2) is 18.2 Å². The molecule has 0 saturated heterocycles. The highest BCUT2D eigenvalue weighted by Crippen LogP contribution is 2.33. The molecule has 2 rings (SSSR count). The van der Waals surface area contributed by atoms with E-state index in [4.69, 9.17) is 4.74 Å². The molecular weight excluding hydrogens is 271 g/mol. The number of benzene rings is 2. The van der Waals surface area contributed by atoms with Crippen molar-refractivity contribution in [1.82, 2.24) is 0 Å². The third kappa shape index (κ3) is 2.89. The van der Waals surface area contributed by atoms with Crippen molar-refractivity contribution in [1.29, 1.82) is 0 Å². The molecular formula is C17H17FO3. The van der Waals surface area contributed by atoms with Gasteiger partial charge in [-0.05, 0) is 31.0 Å². The molecule has 0 aliphatic heterocycles.